The summed E-state index contributed by atoms with van der Waals surface area (Å²) in [5, 5.41) is 2.23. The third-order valence-corrected chi connectivity index (χ3v) is 4.42. The number of imide groups is 1. The smallest absolute Gasteiger partial charge is 0.294 e. The van der Waals surface area contributed by atoms with Crippen LogP contribution in [0.25, 0.3) is 6.08 Å². The molecule has 1 saturated heterocycles. The molecule has 0 radical (unpaired) electrons. The van der Waals surface area contributed by atoms with Gasteiger partial charge in [0.05, 0.1) is 4.91 Å². The maximum atomic E-state index is 12.4. The monoisotopic (exact) mass is 353 g/mol. The number of aryl methyl sites for hydroxylation is 1. The Morgan fingerprint density at radius 2 is 1.84 bits per heavy atom. The van der Waals surface area contributed by atoms with E-state index in [-0.39, 0.29) is 6.54 Å². The van der Waals surface area contributed by atoms with E-state index in [1.54, 1.807) is 42.7 Å². The number of amides is 3. The largest absolute Gasteiger partial charge is 0.325 e. The van der Waals surface area contributed by atoms with Gasteiger partial charge in [-0.3, -0.25) is 24.3 Å². The van der Waals surface area contributed by atoms with E-state index in [0.29, 0.717) is 10.6 Å². The van der Waals surface area contributed by atoms with Crippen LogP contribution in [0.15, 0.2) is 53.7 Å². The molecule has 1 aromatic heterocycles. The average molecular weight is 353 g/mol. The van der Waals surface area contributed by atoms with Gasteiger partial charge in [0.2, 0.25) is 5.91 Å². The van der Waals surface area contributed by atoms with Gasteiger partial charge < -0.3 is 5.32 Å². The van der Waals surface area contributed by atoms with Crippen molar-refractivity contribution in [1.82, 2.24) is 9.88 Å². The van der Waals surface area contributed by atoms with Crippen LogP contribution in [-0.2, 0) is 9.59 Å². The molecule has 25 heavy (non-hydrogen) atoms. The first-order chi connectivity index (χ1) is 12.0. The lowest BCUT2D eigenvalue weighted by atomic mass is 10.2. The van der Waals surface area contributed by atoms with E-state index < -0.39 is 17.1 Å². The first-order valence-electron chi connectivity index (χ1n) is 7.55. The number of carbonyl (C=O) groups is 3. The molecular formula is C18H15N3O3S. The van der Waals surface area contributed by atoms with E-state index in [1.807, 2.05) is 19.1 Å². The second-order valence-electron chi connectivity index (χ2n) is 5.46. The Morgan fingerprint density at radius 3 is 2.52 bits per heavy atom. The van der Waals surface area contributed by atoms with Crippen molar-refractivity contribution in [2.24, 2.45) is 0 Å². The maximum absolute atomic E-state index is 12.4. The van der Waals surface area contributed by atoms with Gasteiger partial charge in [0.15, 0.2) is 0 Å². The first-order valence-corrected chi connectivity index (χ1v) is 8.36. The molecule has 0 bridgehead atoms. The third-order valence-electron chi connectivity index (χ3n) is 3.51. The lowest BCUT2D eigenvalue weighted by Crippen LogP contribution is -2.36. The van der Waals surface area contributed by atoms with Gasteiger partial charge in [-0.25, -0.2) is 0 Å². The molecule has 2 heterocycles. The van der Waals surface area contributed by atoms with Crippen molar-refractivity contribution in [2.75, 3.05) is 11.9 Å². The number of nitrogens with zero attached hydrogens (tertiary/aromatic N) is 2. The van der Waals surface area contributed by atoms with Gasteiger partial charge in [-0.15, -0.1) is 0 Å². The molecule has 3 rings (SSSR count). The van der Waals surface area contributed by atoms with Crippen LogP contribution in [0.1, 0.15) is 11.1 Å². The van der Waals surface area contributed by atoms with Gasteiger partial charge >= 0.3 is 0 Å². The predicted octanol–water partition coefficient (Wildman–Crippen LogP) is 3.07. The SMILES string of the molecule is Cc1ccc(NC(=O)CN2C(=O)S/C(=C\c3ccncc3)C2=O)cc1. The highest BCUT2D eigenvalue weighted by molar-refractivity contribution is 8.18. The Hall–Kier alpha value is -2.93. The number of nitrogens with one attached hydrogen (secondary N) is 1. The summed E-state index contributed by atoms with van der Waals surface area (Å²) in [4.78, 5) is 41.7. The number of hydrogen-bond donors (Lipinski definition) is 1. The Morgan fingerprint density at radius 1 is 1.16 bits per heavy atom. The minimum atomic E-state index is -0.467. The van der Waals surface area contributed by atoms with Gasteiger partial charge in [-0.05, 0) is 54.6 Å². The summed E-state index contributed by atoms with van der Waals surface area (Å²) in [6.07, 6.45) is 4.82. The highest BCUT2D eigenvalue weighted by Crippen LogP contribution is 2.31. The van der Waals surface area contributed by atoms with Gasteiger partial charge in [0.1, 0.15) is 6.54 Å². The van der Waals surface area contributed by atoms with Crippen molar-refractivity contribution in [3.8, 4) is 0 Å². The minimum absolute atomic E-state index is 0.291. The lowest BCUT2D eigenvalue weighted by Gasteiger charge is -2.12. The summed E-state index contributed by atoms with van der Waals surface area (Å²) in [6.45, 7) is 1.63. The number of benzene rings is 1. The van der Waals surface area contributed by atoms with Gasteiger partial charge in [0.25, 0.3) is 11.1 Å². The van der Waals surface area contributed by atoms with Crippen LogP contribution >= 0.6 is 11.8 Å². The van der Waals surface area contributed by atoms with Crippen molar-refractivity contribution in [3.05, 3.63) is 64.8 Å². The van der Waals surface area contributed by atoms with E-state index in [1.165, 1.54) is 0 Å². The van der Waals surface area contributed by atoms with Crippen molar-refractivity contribution in [3.63, 3.8) is 0 Å². The van der Waals surface area contributed by atoms with Crippen LogP contribution in [-0.4, -0.2) is 33.5 Å². The molecular weight excluding hydrogens is 338 g/mol. The molecule has 1 N–H and O–H groups in total. The fourth-order valence-corrected chi connectivity index (χ4v) is 3.07. The van der Waals surface area contributed by atoms with E-state index >= 15 is 0 Å². The molecule has 6 nitrogen and oxygen atoms in total. The Balaban J connectivity index is 1.67. The summed E-state index contributed by atoms with van der Waals surface area (Å²) in [6, 6.07) is 10.7. The van der Waals surface area contributed by atoms with Gasteiger partial charge in [-0.2, -0.15) is 0 Å². The predicted molar refractivity (Wildman–Crippen MR) is 96.7 cm³/mol. The van der Waals surface area contributed by atoms with Crippen molar-refractivity contribution in [2.45, 2.75) is 6.92 Å². The molecule has 0 spiro atoms. The van der Waals surface area contributed by atoms with E-state index in [2.05, 4.69) is 10.3 Å². The van der Waals surface area contributed by atoms with Crippen LogP contribution in [0.3, 0.4) is 0 Å². The third kappa shape index (κ3) is 4.13. The topological polar surface area (TPSA) is 79.4 Å². The molecule has 2 aromatic rings. The van der Waals surface area contributed by atoms with Crippen LogP contribution in [0.4, 0.5) is 10.5 Å². The van der Waals surface area contributed by atoms with E-state index in [4.69, 9.17) is 0 Å². The summed E-state index contributed by atoms with van der Waals surface area (Å²) >= 11 is 0.825. The molecule has 126 valence electrons. The average Bonchev–Trinajstić information content (AvgIpc) is 2.85. The first kappa shape index (κ1) is 16.9. The number of aromatic nitrogens is 1. The molecule has 0 saturated carbocycles. The molecule has 0 atom stereocenters. The number of thioether (sulfide) groups is 1. The van der Waals surface area contributed by atoms with Gasteiger partial charge in [0, 0.05) is 18.1 Å². The summed E-state index contributed by atoms with van der Waals surface area (Å²) in [5.74, 6) is -0.887. The zero-order valence-corrected chi connectivity index (χ0v) is 14.2. The van der Waals surface area contributed by atoms with E-state index in [0.717, 1.165) is 27.8 Å². The number of rotatable bonds is 4. The van der Waals surface area contributed by atoms with Gasteiger partial charge in [-0.1, -0.05) is 17.7 Å². The Kier molecular flexibility index (Phi) is 4.95. The highest BCUT2D eigenvalue weighted by atomic mass is 32.2. The number of carbonyl (C=O) groups excluding carboxylic acids is 3. The summed E-state index contributed by atoms with van der Waals surface area (Å²) < 4.78 is 0. The van der Waals surface area contributed by atoms with Crippen molar-refractivity contribution >= 4 is 40.6 Å². The van der Waals surface area contributed by atoms with Crippen molar-refractivity contribution < 1.29 is 14.4 Å². The van der Waals surface area contributed by atoms with E-state index in [9.17, 15) is 14.4 Å². The number of anilines is 1. The lowest BCUT2D eigenvalue weighted by molar-refractivity contribution is -0.127. The summed E-state index contributed by atoms with van der Waals surface area (Å²) in [7, 11) is 0. The standard InChI is InChI=1S/C18H15N3O3S/c1-12-2-4-14(5-3-12)20-16(22)11-21-17(23)15(25-18(21)24)10-13-6-8-19-9-7-13/h2-10H,11H2,1H3,(H,20,22)/b15-10-. The van der Waals surface area contributed by atoms with Crippen LogP contribution in [0.5, 0.6) is 0 Å². The molecule has 0 unspecified atom stereocenters. The minimum Gasteiger partial charge on any atom is -0.325 e. The second-order valence-corrected chi connectivity index (χ2v) is 6.46. The fourth-order valence-electron chi connectivity index (χ4n) is 2.23. The van der Waals surface area contributed by atoms with Crippen LogP contribution in [0.2, 0.25) is 0 Å². The highest BCUT2D eigenvalue weighted by Gasteiger charge is 2.36. The molecule has 0 aliphatic carbocycles. The normalized spacial score (nSPS) is 15.7. The summed E-state index contributed by atoms with van der Waals surface area (Å²) in [5.41, 5.74) is 2.46. The number of pyridine rings is 1. The molecule has 7 heteroatoms. The zero-order chi connectivity index (χ0) is 17.8. The van der Waals surface area contributed by atoms with Crippen LogP contribution in [0, 0.1) is 6.92 Å². The number of hydrogen-bond acceptors (Lipinski definition) is 5. The quantitative estimate of drug-likeness (QED) is 0.855. The second kappa shape index (κ2) is 7.31. The Bertz CT molecular complexity index is 848. The molecule has 1 fully saturated rings. The maximum Gasteiger partial charge on any atom is 0.294 e. The van der Waals surface area contributed by atoms with Crippen LogP contribution < -0.4 is 5.32 Å². The Labute approximate surface area is 148 Å². The molecule has 1 aliphatic heterocycles. The van der Waals surface area contributed by atoms with Crippen molar-refractivity contribution in [1.29, 1.82) is 0 Å². The molecule has 3 amide bonds. The zero-order valence-electron chi connectivity index (χ0n) is 13.4. The fraction of sp³-hybridized carbons (Fsp3) is 0.111. The molecule has 1 aliphatic rings. The molecule has 1 aromatic carbocycles.